The molecular weight excluding hydrogens is 292 g/mol. The van der Waals surface area contributed by atoms with Crippen LogP contribution in [0.15, 0.2) is 42.5 Å². The molecule has 1 unspecified atom stereocenters. The summed E-state index contributed by atoms with van der Waals surface area (Å²) in [6, 6.07) is 12.1. The molecule has 0 radical (unpaired) electrons. The zero-order valence-corrected chi connectivity index (χ0v) is 12.4. The van der Waals surface area contributed by atoms with Crippen molar-refractivity contribution >= 4 is 11.6 Å². The fraction of sp³-hybridized carbons (Fsp3) is 0.250. The van der Waals surface area contributed by atoms with E-state index in [9.17, 15) is 10.2 Å². The maximum absolute atomic E-state index is 10.2. The van der Waals surface area contributed by atoms with Crippen molar-refractivity contribution in [2.75, 3.05) is 13.7 Å². The van der Waals surface area contributed by atoms with Gasteiger partial charge in [-0.1, -0.05) is 23.7 Å². The Bertz CT molecular complexity index is 601. The van der Waals surface area contributed by atoms with Gasteiger partial charge in [-0.3, -0.25) is 0 Å². The van der Waals surface area contributed by atoms with Gasteiger partial charge in [0.2, 0.25) is 0 Å². The third-order valence-electron chi connectivity index (χ3n) is 3.07. The van der Waals surface area contributed by atoms with Crippen LogP contribution in [0.25, 0.3) is 0 Å². The highest BCUT2D eigenvalue weighted by molar-refractivity contribution is 6.30. The second kappa shape index (κ2) is 7.31. The summed E-state index contributed by atoms with van der Waals surface area (Å²) in [5.41, 5.74) is 1.29. The molecule has 0 spiro atoms. The smallest absolute Gasteiger partial charge is 0.125 e. The molecule has 4 nitrogen and oxygen atoms in total. The monoisotopic (exact) mass is 308 g/mol. The van der Waals surface area contributed by atoms with Gasteiger partial charge in [0, 0.05) is 10.6 Å². The van der Waals surface area contributed by atoms with Crippen LogP contribution in [0.2, 0.25) is 5.02 Å². The van der Waals surface area contributed by atoms with E-state index >= 15 is 0 Å². The molecular formula is C16H17ClO4. The Morgan fingerprint density at radius 2 is 2.00 bits per heavy atom. The van der Waals surface area contributed by atoms with Gasteiger partial charge >= 0.3 is 0 Å². The summed E-state index contributed by atoms with van der Waals surface area (Å²) in [5, 5.41) is 20.0. The van der Waals surface area contributed by atoms with E-state index in [0.29, 0.717) is 27.6 Å². The SMILES string of the molecule is COc1cccc(C(O)COc2ccc(Cl)cc2CO)c1. The molecule has 0 aliphatic rings. The molecule has 112 valence electrons. The Morgan fingerprint density at radius 3 is 2.71 bits per heavy atom. The molecule has 0 bridgehead atoms. The van der Waals surface area contributed by atoms with Gasteiger partial charge in [-0.15, -0.1) is 0 Å². The molecule has 1 atom stereocenters. The lowest BCUT2D eigenvalue weighted by Gasteiger charge is -2.15. The van der Waals surface area contributed by atoms with Crippen molar-refractivity contribution in [3.8, 4) is 11.5 Å². The fourth-order valence-corrected chi connectivity index (χ4v) is 2.12. The number of aliphatic hydroxyl groups excluding tert-OH is 2. The highest BCUT2D eigenvalue weighted by atomic mass is 35.5. The van der Waals surface area contributed by atoms with E-state index in [2.05, 4.69) is 0 Å². The van der Waals surface area contributed by atoms with Crippen LogP contribution >= 0.6 is 11.6 Å². The van der Waals surface area contributed by atoms with Crippen LogP contribution in [0.3, 0.4) is 0 Å². The largest absolute Gasteiger partial charge is 0.497 e. The van der Waals surface area contributed by atoms with Gasteiger partial charge in [-0.2, -0.15) is 0 Å². The molecule has 2 aromatic rings. The summed E-state index contributed by atoms with van der Waals surface area (Å²) in [6.45, 7) is -0.104. The Hall–Kier alpha value is -1.75. The van der Waals surface area contributed by atoms with Gasteiger partial charge in [-0.05, 0) is 35.9 Å². The van der Waals surface area contributed by atoms with Gasteiger partial charge in [-0.25, -0.2) is 0 Å². The number of aliphatic hydroxyl groups is 2. The Balaban J connectivity index is 2.05. The van der Waals surface area contributed by atoms with E-state index < -0.39 is 6.10 Å². The van der Waals surface area contributed by atoms with Crippen molar-refractivity contribution in [1.82, 2.24) is 0 Å². The van der Waals surface area contributed by atoms with Gasteiger partial charge < -0.3 is 19.7 Å². The first-order valence-electron chi connectivity index (χ1n) is 6.48. The average molecular weight is 309 g/mol. The first-order chi connectivity index (χ1) is 10.1. The molecule has 0 saturated heterocycles. The standard InChI is InChI=1S/C16H17ClO4/c1-20-14-4-2-3-11(8-14)15(19)10-21-16-6-5-13(17)7-12(16)9-18/h2-8,15,18-19H,9-10H2,1H3. The van der Waals surface area contributed by atoms with Crippen molar-refractivity contribution in [2.24, 2.45) is 0 Å². The van der Waals surface area contributed by atoms with Gasteiger partial charge in [0.1, 0.15) is 24.2 Å². The van der Waals surface area contributed by atoms with Gasteiger partial charge in [0.25, 0.3) is 0 Å². The third kappa shape index (κ3) is 4.11. The second-order valence-corrected chi connectivity index (χ2v) is 4.95. The number of benzene rings is 2. The lowest BCUT2D eigenvalue weighted by molar-refractivity contribution is 0.106. The molecule has 0 saturated carbocycles. The van der Waals surface area contributed by atoms with Crippen molar-refractivity contribution < 1.29 is 19.7 Å². The minimum Gasteiger partial charge on any atom is -0.497 e. The van der Waals surface area contributed by atoms with E-state index in [0.717, 1.165) is 0 Å². The minimum atomic E-state index is -0.790. The van der Waals surface area contributed by atoms with Crippen LogP contribution in [0.1, 0.15) is 17.2 Å². The summed E-state index contributed by atoms with van der Waals surface area (Å²) >= 11 is 5.86. The average Bonchev–Trinajstić information content (AvgIpc) is 2.53. The van der Waals surface area contributed by atoms with Crippen molar-refractivity contribution in [1.29, 1.82) is 0 Å². The van der Waals surface area contributed by atoms with E-state index in [1.807, 2.05) is 0 Å². The summed E-state index contributed by atoms with van der Waals surface area (Å²) < 4.78 is 10.7. The van der Waals surface area contributed by atoms with Crippen LogP contribution in [0.4, 0.5) is 0 Å². The number of rotatable bonds is 6. The predicted octanol–water partition coefficient (Wildman–Crippen LogP) is 2.95. The number of methoxy groups -OCH3 is 1. The Kier molecular flexibility index (Phi) is 5.44. The molecule has 2 rings (SSSR count). The second-order valence-electron chi connectivity index (χ2n) is 4.51. The Labute approximate surface area is 128 Å². The lowest BCUT2D eigenvalue weighted by atomic mass is 10.1. The Morgan fingerprint density at radius 1 is 1.19 bits per heavy atom. The number of ether oxygens (including phenoxy) is 2. The quantitative estimate of drug-likeness (QED) is 0.861. The summed E-state index contributed by atoms with van der Waals surface area (Å²) in [5.74, 6) is 1.18. The van der Waals surface area contributed by atoms with E-state index in [4.69, 9.17) is 21.1 Å². The summed E-state index contributed by atoms with van der Waals surface area (Å²) in [6.07, 6.45) is -0.790. The first kappa shape index (κ1) is 15.6. The van der Waals surface area contributed by atoms with Crippen molar-refractivity contribution in [3.63, 3.8) is 0 Å². The maximum Gasteiger partial charge on any atom is 0.125 e. The van der Waals surface area contributed by atoms with Crippen LogP contribution < -0.4 is 9.47 Å². The summed E-state index contributed by atoms with van der Waals surface area (Å²) in [7, 11) is 1.57. The molecule has 5 heteroatoms. The zero-order valence-electron chi connectivity index (χ0n) is 11.6. The molecule has 0 heterocycles. The lowest BCUT2D eigenvalue weighted by Crippen LogP contribution is -2.10. The maximum atomic E-state index is 10.2. The van der Waals surface area contributed by atoms with Crippen molar-refractivity contribution in [2.45, 2.75) is 12.7 Å². The third-order valence-corrected chi connectivity index (χ3v) is 3.30. The number of hydrogen-bond acceptors (Lipinski definition) is 4. The molecule has 2 N–H and O–H groups in total. The van der Waals surface area contributed by atoms with Gasteiger partial charge in [0.15, 0.2) is 0 Å². The highest BCUT2D eigenvalue weighted by Crippen LogP contribution is 2.25. The molecule has 0 aromatic heterocycles. The van der Waals surface area contributed by atoms with Crippen molar-refractivity contribution in [3.05, 3.63) is 58.6 Å². The normalized spacial score (nSPS) is 12.0. The fourth-order valence-electron chi connectivity index (χ4n) is 1.93. The van der Waals surface area contributed by atoms with E-state index in [1.165, 1.54) is 0 Å². The zero-order chi connectivity index (χ0) is 15.2. The summed E-state index contributed by atoms with van der Waals surface area (Å²) in [4.78, 5) is 0. The molecule has 0 aliphatic heterocycles. The van der Waals surface area contributed by atoms with Crippen LogP contribution in [-0.2, 0) is 6.61 Å². The first-order valence-corrected chi connectivity index (χ1v) is 6.86. The number of halogens is 1. The predicted molar refractivity (Wildman–Crippen MR) is 80.8 cm³/mol. The molecule has 2 aromatic carbocycles. The highest BCUT2D eigenvalue weighted by Gasteiger charge is 2.11. The van der Waals surface area contributed by atoms with E-state index in [-0.39, 0.29) is 13.2 Å². The van der Waals surface area contributed by atoms with Crippen LogP contribution in [-0.4, -0.2) is 23.9 Å². The minimum absolute atomic E-state index is 0.0712. The van der Waals surface area contributed by atoms with Gasteiger partial charge in [0.05, 0.1) is 13.7 Å². The topological polar surface area (TPSA) is 58.9 Å². The number of hydrogen-bond donors (Lipinski definition) is 2. The molecule has 0 amide bonds. The van der Waals surface area contributed by atoms with Crippen LogP contribution in [0, 0.1) is 0 Å². The molecule has 0 aliphatic carbocycles. The van der Waals surface area contributed by atoms with Crippen LogP contribution in [0.5, 0.6) is 11.5 Å². The molecule has 0 fully saturated rings. The van der Waals surface area contributed by atoms with E-state index in [1.54, 1.807) is 49.6 Å². The molecule has 21 heavy (non-hydrogen) atoms.